The third-order valence-electron chi connectivity index (χ3n) is 4.37. The molecule has 0 bridgehead atoms. The lowest BCUT2D eigenvalue weighted by molar-refractivity contribution is -0.130. The fourth-order valence-electron chi connectivity index (χ4n) is 2.97. The van der Waals surface area contributed by atoms with Gasteiger partial charge in [-0.3, -0.25) is 9.48 Å². The average Bonchev–Trinajstić information content (AvgIpc) is 3.17. The summed E-state index contributed by atoms with van der Waals surface area (Å²) in [5.41, 5.74) is 4.37. The molecule has 3 rings (SSSR count). The van der Waals surface area contributed by atoms with Gasteiger partial charge in [0.05, 0.1) is 12.2 Å². The van der Waals surface area contributed by atoms with Gasteiger partial charge in [-0.15, -0.1) is 0 Å². The number of aromatic nitrogens is 2. The normalized spacial score (nSPS) is 17.4. The number of aryl methyl sites for hydroxylation is 1. The Labute approximate surface area is 136 Å². The standard InChI is InChI=1S/C18H23N3O2/c1-13-16(11-19-18(22)17-9-6-10-23-17)14(2)21(20-13)12-15-7-4-3-5-8-15/h3-5,7-8,17H,6,9-12H2,1-2H3,(H,19,22)/t17-/m1/s1. The first-order valence-corrected chi connectivity index (χ1v) is 8.11. The summed E-state index contributed by atoms with van der Waals surface area (Å²) in [7, 11) is 0. The molecule has 0 unspecified atom stereocenters. The summed E-state index contributed by atoms with van der Waals surface area (Å²) in [4.78, 5) is 12.1. The summed E-state index contributed by atoms with van der Waals surface area (Å²) in [5, 5.41) is 7.60. The van der Waals surface area contributed by atoms with Crippen molar-refractivity contribution in [3.05, 3.63) is 52.8 Å². The summed E-state index contributed by atoms with van der Waals surface area (Å²) < 4.78 is 7.41. The van der Waals surface area contributed by atoms with Crippen LogP contribution in [0.3, 0.4) is 0 Å². The van der Waals surface area contributed by atoms with E-state index in [0.717, 1.165) is 36.3 Å². The largest absolute Gasteiger partial charge is 0.368 e. The molecule has 0 aliphatic carbocycles. The van der Waals surface area contributed by atoms with E-state index < -0.39 is 0 Å². The molecule has 1 aromatic heterocycles. The first-order chi connectivity index (χ1) is 11.1. The molecule has 0 spiro atoms. The molecule has 23 heavy (non-hydrogen) atoms. The number of benzene rings is 1. The van der Waals surface area contributed by atoms with Crippen molar-refractivity contribution in [2.45, 2.75) is 45.9 Å². The van der Waals surface area contributed by atoms with E-state index in [1.165, 1.54) is 5.56 Å². The smallest absolute Gasteiger partial charge is 0.249 e. The lowest BCUT2D eigenvalue weighted by atomic mass is 10.1. The molecule has 122 valence electrons. The third kappa shape index (κ3) is 3.62. The minimum atomic E-state index is -0.282. The maximum Gasteiger partial charge on any atom is 0.249 e. The van der Waals surface area contributed by atoms with E-state index in [-0.39, 0.29) is 12.0 Å². The van der Waals surface area contributed by atoms with E-state index in [1.54, 1.807) is 0 Å². The Balaban J connectivity index is 1.67. The second-order valence-electron chi connectivity index (χ2n) is 6.01. The Morgan fingerprint density at radius 1 is 1.35 bits per heavy atom. The molecule has 1 atom stereocenters. The minimum Gasteiger partial charge on any atom is -0.368 e. The zero-order valence-electron chi connectivity index (χ0n) is 13.7. The molecule has 0 radical (unpaired) electrons. The van der Waals surface area contributed by atoms with E-state index in [0.29, 0.717) is 13.2 Å². The molecule has 1 aliphatic rings. The maximum atomic E-state index is 12.1. The van der Waals surface area contributed by atoms with Gasteiger partial charge in [-0.1, -0.05) is 30.3 Å². The molecule has 1 amide bonds. The predicted molar refractivity (Wildman–Crippen MR) is 88.1 cm³/mol. The van der Waals surface area contributed by atoms with Gasteiger partial charge in [0.15, 0.2) is 0 Å². The number of carbonyl (C=O) groups is 1. The van der Waals surface area contributed by atoms with E-state index >= 15 is 0 Å². The van der Waals surface area contributed by atoms with Crippen LogP contribution in [0.15, 0.2) is 30.3 Å². The van der Waals surface area contributed by atoms with Gasteiger partial charge in [-0.2, -0.15) is 5.10 Å². The molecule has 1 saturated heterocycles. The monoisotopic (exact) mass is 313 g/mol. The molecule has 1 aliphatic heterocycles. The van der Waals surface area contributed by atoms with Crippen molar-refractivity contribution in [3.63, 3.8) is 0 Å². The van der Waals surface area contributed by atoms with Gasteiger partial charge in [0.25, 0.3) is 0 Å². The van der Waals surface area contributed by atoms with Crippen LogP contribution >= 0.6 is 0 Å². The third-order valence-corrected chi connectivity index (χ3v) is 4.37. The molecule has 2 aromatic rings. The maximum absolute atomic E-state index is 12.1. The zero-order chi connectivity index (χ0) is 16.2. The number of hydrogen-bond donors (Lipinski definition) is 1. The predicted octanol–water partition coefficient (Wildman–Crippen LogP) is 2.34. The van der Waals surface area contributed by atoms with Gasteiger partial charge in [0.1, 0.15) is 6.10 Å². The van der Waals surface area contributed by atoms with Gasteiger partial charge in [-0.05, 0) is 32.3 Å². The van der Waals surface area contributed by atoms with Gasteiger partial charge in [0, 0.05) is 24.4 Å². The second kappa shape index (κ2) is 6.96. The van der Waals surface area contributed by atoms with Crippen molar-refractivity contribution >= 4 is 5.91 Å². The molecule has 1 aromatic carbocycles. The number of hydrogen-bond acceptors (Lipinski definition) is 3. The van der Waals surface area contributed by atoms with Crippen LogP contribution in [-0.4, -0.2) is 28.4 Å². The van der Waals surface area contributed by atoms with E-state index in [2.05, 4.69) is 29.5 Å². The van der Waals surface area contributed by atoms with Crippen molar-refractivity contribution in [3.8, 4) is 0 Å². The number of ether oxygens (including phenoxy) is 1. The molecule has 5 nitrogen and oxygen atoms in total. The molecular weight excluding hydrogens is 290 g/mol. The number of amides is 1. The highest BCUT2D eigenvalue weighted by Gasteiger charge is 2.23. The van der Waals surface area contributed by atoms with Crippen LogP contribution in [0.5, 0.6) is 0 Å². The van der Waals surface area contributed by atoms with E-state index in [9.17, 15) is 4.79 Å². The number of nitrogens with one attached hydrogen (secondary N) is 1. The lowest BCUT2D eigenvalue weighted by Crippen LogP contribution is -2.33. The minimum absolute atomic E-state index is 0.0166. The summed E-state index contributed by atoms with van der Waals surface area (Å²) in [6, 6.07) is 10.3. The number of rotatable bonds is 5. The summed E-state index contributed by atoms with van der Waals surface area (Å²) in [6.45, 7) is 5.97. The highest BCUT2D eigenvalue weighted by atomic mass is 16.5. The summed E-state index contributed by atoms with van der Waals surface area (Å²) in [6.07, 6.45) is 1.50. The second-order valence-corrected chi connectivity index (χ2v) is 6.01. The molecule has 0 saturated carbocycles. The van der Waals surface area contributed by atoms with Crippen LogP contribution in [0.1, 0.15) is 35.4 Å². The molecular formula is C18H23N3O2. The van der Waals surface area contributed by atoms with Gasteiger partial charge < -0.3 is 10.1 Å². The first kappa shape index (κ1) is 15.7. The van der Waals surface area contributed by atoms with Crippen molar-refractivity contribution in [2.75, 3.05) is 6.61 Å². The van der Waals surface area contributed by atoms with Crippen molar-refractivity contribution < 1.29 is 9.53 Å². The molecule has 2 heterocycles. The number of nitrogens with zero attached hydrogens (tertiary/aromatic N) is 2. The topological polar surface area (TPSA) is 56.2 Å². The Morgan fingerprint density at radius 2 is 2.13 bits per heavy atom. The van der Waals surface area contributed by atoms with Crippen LogP contribution in [0, 0.1) is 13.8 Å². The van der Waals surface area contributed by atoms with Crippen molar-refractivity contribution in [1.29, 1.82) is 0 Å². The van der Waals surface area contributed by atoms with Crippen molar-refractivity contribution in [1.82, 2.24) is 15.1 Å². The number of carbonyl (C=O) groups excluding carboxylic acids is 1. The highest BCUT2D eigenvalue weighted by Crippen LogP contribution is 2.16. The average molecular weight is 313 g/mol. The van der Waals surface area contributed by atoms with Crippen molar-refractivity contribution in [2.24, 2.45) is 0 Å². The summed E-state index contributed by atoms with van der Waals surface area (Å²) >= 11 is 0. The highest BCUT2D eigenvalue weighted by molar-refractivity contribution is 5.80. The van der Waals surface area contributed by atoms with Crippen LogP contribution in [0.4, 0.5) is 0 Å². The fraction of sp³-hybridized carbons (Fsp3) is 0.444. The molecule has 1 fully saturated rings. The molecule has 5 heteroatoms. The first-order valence-electron chi connectivity index (χ1n) is 8.11. The Hall–Kier alpha value is -2.14. The van der Waals surface area contributed by atoms with Gasteiger partial charge >= 0.3 is 0 Å². The SMILES string of the molecule is Cc1nn(Cc2ccccc2)c(C)c1CNC(=O)[C@H]1CCCO1. The Kier molecular flexibility index (Phi) is 4.76. The van der Waals surface area contributed by atoms with E-state index in [1.807, 2.05) is 29.8 Å². The fourth-order valence-corrected chi connectivity index (χ4v) is 2.97. The summed E-state index contributed by atoms with van der Waals surface area (Å²) in [5.74, 6) is -0.0166. The Morgan fingerprint density at radius 3 is 2.83 bits per heavy atom. The molecule has 1 N–H and O–H groups in total. The van der Waals surface area contributed by atoms with Crippen LogP contribution in [-0.2, 0) is 22.6 Å². The zero-order valence-corrected chi connectivity index (χ0v) is 13.7. The van der Waals surface area contributed by atoms with Crippen LogP contribution in [0.25, 0.3) is 0 Å². The van der Waals surface area contributed by atoms with Gasteiger partial charge in [-0.25, -0.2) is 0 Å². The quantitative estimate of drug-likeness (QED) is 0.922. The van der Waals surface area contributed by atoms with Crippen LogP contribution < -0.4 is 5.32 Å². The van der Waals surface area contributed by atoms with E-state index in [4.69, 9.17) is 4.74 Å². The Bertz CT molecular complexity index is 673. The van der Waals surface area contributed by atoms with Gasteiger partial charge in [0.2, 0.25) is 5.91 Å². The lowest BCUT2D eigenvalue weighted by Gasteiger charge is -2.11. The van der Waals surface area contributed by atoms with Crippen LogP contribution in [0.2, 0.25) is 0 Å².